The lowest BCUT2D eigenvalue weighted by Gasteiger charge is -2.10. The molecule has 3 aromatic rings. The number of aldehydes is 1. The highest BCUT2D eigenvalue weighted by Gasteiger charge is 2.08. The Bertz CT molecular complexity index is 739. The molecule has 20 heavy (non-hydrogen) atoms. The zero-order valence-corrected chi connectivity index (χ0v) is 11.5. The molecule has 2 heterocycles. The standard InChI is InChI=1S/C16H17N3O/c1-2-7-19-12-17-9-15(19)10-18-8-6-13-4-3-5-14(11-20)16(13)18/h3-6,8-9,11-12H,2,7,10H2,1H3. The van der Waals surface area contributed by atoms with Gasteiger partial charge in [-0.05, 0) is 18.6 Å². The Balaban J connectivity index is 2.02. The molecule has 0 amide bonds. The summed E-state index contributed by atoms with van der Waals surface area (Å²) in [7, 11) is 0. The molecule has 0 aliphatic carbocycles. The van der Waals surface area contributed by atoms with Crippen molar-refractivity contribution in [3.05, 3.63) is 54.2 Å². The van der Waals surface area contributed by atoms with Crippen molar-refractivity contribution in [2.24, 2.45) is 0 Å². The maximum absolute atomic E-state index is 11.2. The lowest BCUT2D eigenvalue weighted by Crippen LogP contribution is -2.06. The van der Waals surface area contributed by atoms with Gasteiger partial charge >= 0.3 is 0 Å². The molecule has 0 fully saturated rings. The van der Waals surface area contributed by atoms with Crippen LogP contribution in [0.2, 0.25) is 0 Å². The Hall–Kier alpha value is -2.36. The predicted molar refractivity (Wildman–Crippen MR) is 78.9 cm³/mol. The van der Waals surface area contributed by atoms with Crippen LogP contribution in [0.5, 0.6) is 0 Å². The summed E-state index contributed by atoms with van der Waals surface area (Å²) in [6.45, 7) is 3.85. The van der Waals surface area contributed by atoms with Gasteiger partial charge in [0.25, 0.3) is 0 Å². The number of carbonyl (C=O) groups excluding carboxylic acids is 1. The number of hydrogen-bond acceptors (Lipinski definition) is 2. The topological polar surface area (TPSA) is 39.8 Å². The fourth-order valence-corrected chi connectivity index (χ4v) is 2.61. The third kappa shape index (κ3) is 2.13. The van der Waals surface area contributed by atoms with E-state index < -0.39 is 0 Å². The fraction of sp³-hybridized carbons (Fsp3) is 0.250. The summed E-state index contributed by atoms with van der Waals surface area (Å²) in [4.78, 5) is 15.4. The molecule has 1 aromatic carbocycles. The molecule has 0 saturated carbocycles. The second kappa shape index (κ2) is 5.33. The quantitative estimate of drug-likeness (QED) is 0.666. The minimum absolute atomic E-state index is 0.731. The highest BCUT2D eigenvalue weighted by atomic mass is 16.1. The van der Waals surface area contributed by atoms with Crippen LogP contribution in [0.4, 0.5) is 0 Å². The molecule has 0 unspecified atom stereocenters. The van der Waals surface area contributed by atoms with Crippen LogP contribution < -0.4 is 0 Å². The first kappa shape index (κ1) is 12.7. The SMILES string of the molecule is CCCn1cncc1Cn1ccc2cccc(C=O)c21. The van der Waals surface area contributed by atoms with Gasteiger partial charge < -0.3 is 9.13 Å². The number of aryl methyl sites for hydroxylation is 1. The zero-order valence-electron chi connectivity index (χ0n) is 11.5. The number of hydrogen-bond donors (Lipinski definition) is 0. The van der Waals surface area contributed by atoms with Gasteiger partial charge in [-0.2, -0.15) is 0 Å². The van der Waals surface area contributed by atoms with Crippen LogP contribution in [-0.2, 0) is 13.1 Å². The molecule has 0 aliphatic heterocycles. The van der Waals surface area contributed by atoms with Crippen LogP contribution in [0.15, 0.2) is 43.0 Å². The third-order valence-corrected chi connectivity index (χ3v) is 3.54. The summed E-state index contributed by atoms with van der Waals surface area (Å²) in [6, 6.07) is 7.85. The number of benzene rings is 1. The highest BCUT2D eigenvalue weighted by molar-refractivity contribution is 5.96. The van der Waals surface area contributed by atoms with Crippen LogP contribution in [0.25, 0.3) is 10.9 Å². The van der Waals surface area contributed by atoms with Crippen molar-refractivity contribution in [1.29, 1.82) is 0 Å². The largest absolute Gasteiger partial charge is 0.341 e. The van der Waals surface area contributed by atoms with E-state index in [2.05, 4.69) is 21.0 Å². The van der Waals surface area contributed by atoms with Crippen LogP contribution >= 0.6 is 0 Å². The van der Waals surface area contributed by atoms with E-state index in [1.165, 1.54) is 0 Å². The normalized spacial score (nSPS) is 11.1. The van der Waals surface area contributed by atoms with Crippen molar-refractivity contribution in [3.63, 3.8) is 0 Å². The van der Waals surface area contributed by atoms with Crippen molar-refractivity contribution in [2.45, 2.75) is 26.4 Å². The van der Waals surface area contributed by atoms with Gasteiger partial charge in [-0.1, -0.05) is 19.1 Å². The summed E-state index contributed by atoms with van der Waals surface area (Å²) < 4.78 is 4.28. The average molecular weight is 267 g/mol. The molecule has 0 atom stereocenters. The lowest BCUT2D eigenvalue weighted by atomic mass is 10.1. The minimum atomic E-state index is 0.731. The van der Waals surface area contributed by atoms with E-state index in [9.17, 15) is 4.79 Å². The van der Waals surface area contributed by atoms with Gasteiger partial charge in [0, 0.05) is 29.9 Å². The Morgan fingerprint density at radius 2 is 2.15 bits per heavy atom. The number of nitrogens with zero attached hydrogens (tertiary/aromatic N) is 3. The maximum Gasteiger partial charge on any atom is 0.152 e. The number of imidazole rings is 1. The van der Waals surface area contributed by atoms with Crippen LogP contribution in [0.3, 0.4) is 0 Å². The highest BCUT2D eigenvalue weighted by Crippen LogP contribution is 2.20. The Kier molecular flexibility index (Phi) is 3.37. The van der Waals surface area contributed by atoms with Gasteiger partial charge in [-0.15, -0.1) is 0 Å². The first-order chi connectivity index (χ1) is 9.83. The molecule has 2 aromatic heterocycles. The lowest BCUT2D eigenvalue weighted by molar-refractivity contribution is 0.112. The van der Waals surface area contributed by atoms with E-state index in [1.807, 2.05) is 43.0 Å². The Morgan fingerprint density at radius 3 is 2.95 bits per heavy atom. The molecule has 4 nitrogen and oxygen atoms in total. The van der Waals surface area contributed by atoms with Crippen molar-refractivity contribution < 1.29 is 4.79 Å². The third-order valence-electron chi connectivity index (χ3n) is 3.54. The molecular weight excluding hydrogens is 250 g/mol. The Labute approximate surface area is 117 Å². The van der Waals surface area contributed by atoms with Crippen LogP contribution in [0, 0.1) is 0 Å². The summed E-state index contributed by atoms with van der Waals surface area (Å²) in [5.74, 6) is 0. The monoisotopic (exact) mass is 267 g/mol. The molecule has 3 rings (SSSR count). The molecule has 4 heteroatoms. The Morgan fingerprint density at radius 1 is 1.25 bits per heavy atom. The second-order valence-corrected chi connectivity index (χ2v) is 4.92. The first-order valence-electron chi connectivity index (χ1n) is 6.85. The van der Waals surface area contributed by atoms with Crippen LogP contribution in [0.1, 0.15) is 29.4 Å². The number of fused-ring (bicyclic) bond motifs is 1. The van der Waals surface area contributed by atoms with Crippen molar-refractivity contribution in [2.75, 3.05) is 0 Å². The first-order valence-corrected chi connectivity index (χ1v) is 6.85. The molecule has 0 saturated heterocycles. The van der Waals surface area contributed by atoms with Gasteiger partial charge in [0.05, 0.1) is 24.1 Å². The van der Waals surface area contributed by atoms with E-state index in [-0.39, 0.29) is 0 Å². The summed E-state index contributed by atoms with van der Waals surface area (Å²) >= 11 is 0. The molecule has 0 N–H and O–H groups in total. The zero-order chi connectivity index (χ0) is 13.9. The van der Waals surface area contributed by atoms with Gasteiger partial charge in [-0.3, -0.25) is 4.79 Å². The number of aromatic nitrogens is 3. The number of rotatable bonds is 5. The molecular formula is C16H17N3O. The van der Waals surface area contributed by atoms with Crippen LogP contribution in [-0.4, -0.2) is 20.4 Å². The summed E-state index contributed by atoms with van der Waals surface area (Å²) in [5, 5.41) is 1.09. The van der Waals surface area contributed by atoms with Gasteiger partial charge in [0.15, 0.2) is 6.29 Å². The van der Waals surface area contributed by atoms with Crippen molar-refractivity contribution >= 4 is 17.2 Å². The molecule has 0 aliphatic rings. The van der Waals surface area contributed by atoms with E-state index in [1.54, 1.807) is 0 Å². The summed E-state index contributed by atoms with van der Waals surface area (Å²) in [6.07, 6.45) is 7.79. The fourth-order valence-electron chi connectivity index (χ4n) is 2.61. The average Bonchev–Trinajstić information content (AvgIpc) is 3.07. The number of carbonyl (C=O) groups is 1. The van der Waals surface area contributed by atoms with E-state index in [0.29, 0.717) is 0 Å². The molecule has 0 radical (unpaired) electrons. The summed E-state index contributed by atoms with van der Waals surface area (Å²) in [5.41, 5.74) is 2.88. The molecule has 0 spiro atoms. The predicted octanol–water partition coefficient (Wildman–Crippen LogP) is 3.11. The number of para-hydroxylation sites is 1. The van der Waals surface area contributed by atoms with Gasteiger partial charge in [-0.25, -0.2) is 4.98 Å². The maximum atomic E-state index is 11.2. The van der Waals surface area contributed by atoms with Gasteiger partial charge in [0.2, 0.25) is 0 Å². The second-order valence-electron chi connectivity index (χ2n) is 4.92. The molecule has 102 valence electrons. The van der Waals surface area contributed by atoms with E-state index in [0.717, 1.165) is 48.0 Å². The van der Waals surface area contributed by atoms with E-state index in [4.69, 9.17) is 0 Å². The molecule has 0 bridgehead atoms. The van der Waals surface area contributed by atoms with Crippen molar-refractivity contribution in [1.82, 2.24) is 14.1 Å². The van der Waals surface area contributed by atoms with Crippen molar-refractivity contribution in [3.8, 4) is 0 Å². The smallest absolute Gasteiger partial charge is 0.152 e. The minimum Gasteiger partial charge on any atom is -0.341 e. The van der Waals surface area contributed by atoms with Gasteiger partial charge in [0.1, 0.15) is 0 Å². The van der Waals surface area contributed by atoms with E-state index >= 15 is 0 Å².